The van der Waals surface area contributed by atoms with Crippen molar-refractivity contribution in [3.05, 3.63) is 23.8 Å². The summed E-state index contributed by atoms with van der Waals surface area (Å²) in [6, 6.07) is 4.92. The lowest BCUT2D eigenvalue weighted by atomic mass is 10.2. The van der Waals surface area contributed by atoms with Crippen LogP contribution in [0.3, 0.4) is 0 Å². The fraction of sp³-hybridized carbons (Fsp3) is 0.462. The van der Waals surface area contributed by atoms with Gasteiger partial charge in [-0.25, -0.2) is 4.79 Å². The molecule has 0 aliphatic carbocycles. The Morgan fingerprint density at radius 3 is 2.83 bits per heavy atom. The molecule has 2 rings (SSSR count). The van der Waals surface area contributed by atoms with Crippen LogP contribution in [0.25, 0.3) is 0 Å². The van der Waals surface area contributed by atoms with E-state index in [0.29, 0.717) is 11.5 Å². The van der Waals surface area contributed by atoms with E-state index < -0.39 is 5.97 Å². The smallest absolute Gasteiger partial charge is 0.339 e. The van der Waals surface area contributed by atoms with Crippen LogP contribution in [-0.4, -0.2) is 49.3 Å². The predicted octanol–water partition coefficient (Wildman–Crippen LogP) is 1.48. The molecule has 0 radical (unpaired) electrons. The molecule has 1 aromatic rings. The summed E-state index contributed by atoms with van der Waals surface area (Å²) in [5, 5.41) is 9.08. The maximum Gasteiger partial charge on any atom is 0.339 e. The van der Waals surface area contributed by atoms with Gasteiger partial charge in [0, 0.05) is 13.1 Å². The van der Waals surface area contributed by atoms with E-state index in [9.17, 15) is 4.79 Å². The number of nitrogens with zero attached hydrogens (tertiary/aromatic N) is 1. The number of carboxylic acid groups (broad SMARTS) is 1. The maximum atomic E-state index is 11.1. The molecular weight excluding hydrogens is 234 g/mol. The lowest BCUT2D eigenvalue weighted by Crippen LogP contribution is -2.21. The third kappa shape index (κ3) is 2.56. The molecule has 0 saturated carbocycles. The van der Waals surface area contributed by atoms with Crippen molar-refractivity contribution in [2.75, 3.05) is 27.2 Å². The monoisotopic (exact) mass is 251 g/mol. The van der Waals surface area contributed by atoms with E-state index >= 15 is 0 Å². The van der Waals surface area contributed by atoms with Gasteiger partial charge in [-0.1, -0.05) is 6.07 Å². The zero-order valence-corrected chi connectivity index (χ0v) is 10.5. The van der Waals surface area contributed by atoms with Gasteiger partial charge in [0.25, 0.3) is 0 Å². The third-order valence-corrected chi connectivity index (χ3v) is 3.06. The van der Waals surface area contributed by atoms with Crippen molar-refractivity contribution in [2.24, 2.45) is 0 Å². The highest BCUT2D eigenvalue weighted by Crippen LogP contribution is 2.32. The van der Waals surface area contributed by atoms with Crippen LogP contribution in [0.1, 0.15) is 16.8 Å². The minimum absolute atomic E-state index is 0.0907. The molecule has 98 valence electrons. The van der Waals surface area contributed by atoms with Gasteiger partial charge in [-0.2, -0.15) is 0 Å². The molecule has 5 nitrogen and oxygen atoms in total. The Bertz CT molecular complexity index is 447. The Labute approximate surface area is 106 Å². The van der Waals surface area contributed by atoms with Crippen LogP contribution in [0, 0.1) is 0 Å². The van der Waals surface area contributed by atoms with Crippen LogP contribution >= 0.6 is 0 Å². The normalized spacial score (nSPS) is 19.8. The highest BCUT2D eigenvalue weighted by atomic mass is 16.5. The molecule has 1 N–H and O–H groups in total. The van der Waals surface area contributed by atoms with E-state index in [2.05, 4.69) is 4.90 Å². The second-order valence-electron chi connectivity index (χ2n) is 4.43. The van der Waals surface area contributed by atoms with Crippen molar-refractivity contribution in [2.45, 2.75) is 12.5 Å². The number of carbonyl (C=O) groups is 1. The number of hydrogen-bond acceptors (Lipinski definition) is 4. The van der Waals surface area contributed by atoms with Crippen LogP contribution in [0.5, 0.6) is 11.5 Å². The number of rotatable bonds is 4. The Balaban J connectivity index is 2.22. The molecule has 0 amide bonds. The Kier molecular flexibility index (Phi) is 3.72. The molecule has 1 fully saturated rings. The first-order valence-corrected chi connectivity index (χ1v) is 5.87. The summed E-state index contributed by atoms with van der Waals surface area (Å²) < 4.78 is 11.0. The lowest BCUT2D eigenvalue weighted by molar-refractivity contribution is 0.0691. The summed E-state index contributed by atoms with van der Waals surface area (Å²) in [5.74, 6) is -0.224. The van der Waals surface area contributed by atoms with Crippen molar-refractivity contribution in [1.82, 2.24) is 4.90 Å². The topological polar surface area (TPSA) is 59.0 Å². The van der Waals surface area contributed by atoms with Crippen molar-refractivity contribution in [1.29, 1.82) is 0 Å². The fourth-order valence-corrected chi connectivity index (χ4v) is 2.16. The van der Waals surface area contributed by atoms with Crippen LogP contribution in [0.2, 0.25) is 0 Å². The molecule has 18 heavy (non-hydrogen) atoms. The molecule has 5 heteroatoms. The van der Waals surface area contributed by atoms with Crippen LogP contribution in [-0.2, 0) is 0 Å². The average Bonchev–Trinajstić information content (AvgIpc) is 2.74. The summed E-state index contributed by atoms with van der Waals surface area (Å²) in [7, 11) is 3.49. The number of carboxylic acids is 1. The zero-order valence-electron chi connectivity index (χ0n) is 10.5. The van der Waals surface area contributed by atoms with Crippen molar-refractivity contribution in [3.8, 4) is 11.5 Å². The standard InChI is InChI=1S/C13H17NO4/c1-14-7-6-9(8-14)18-11-5-3-4-10(13(15)16)12(11)17-2/h3-5,9H,6-8H2,1-2H3,(H,15,16). The van der Waals surface area contributed by atoms with E-state index in [0.717, 1.165) is 19.5 Å². The number of benzene rings is 1. The largest absolute Gasteiger partial charge is 0.492 e. The molecule has 0 aromatic heterocycles. The average molecular weight is 251 g/mol. The quantitative estimate of drug-likeness (QED) is 0.878. The predicted molar refractivity (Wildman–Crippen MR) is 66.5 cm³/mol. The molecule has 1 aliphatic heterocycles. The molecule has 1 aliphatic rings. The van der Waals surface area contributed by atoms with Crippen LogP contribution in [0.4, 0.5) is 0 Å². The summed E-state index contributed by atoms with van der Waals surface area (Å²) >= 11 is 0. The number of likely N-dealkylation sites (tertiary alicyclic amines) is 1. The molecule has 1 atom stereocenters. The molecular formula is C13H17NO4. The zero-order chi connectivity index (χ0) is 13.1. The minimum Gasteiger partial charge on any atom is -0.492 e. The molecule has 0 spiro atoms. The van der Waals surface area contributed by atoms with Gasteiger partial charge in [-0.05, 0) is 25.6 Å². The number of methoxy groups -OCH3 is 1. The second kappa shape index (κ2) is 5.27. The Morgan fingerprint density at radius 2 is 2.28 bits per heavy atom. The van der Waals surface area contributed by atoms with E-state index in [1.54, 1.807) is 12.1 Å². The van der Waals surface area contributed by atoms with Crippen molar-refractivity contribution in [3.63, 3.8) is 0 Å². The van der Waals surface area contributed by atoms with E-state index in [4.69, 9.17) is 14.6 Å². The fourth-order valence-electron chi connectivity index (χ4n) is 2.16. The van der Waals surface area contributed by atoms with E-state index in [1.165, 1.54) is 13.2 Å². The highest BCUT2D eigenvalue weighted by Gasteiger charge is 2.23. The van der Waals surface area contributed by atoms with Gasteiger partial charge in [0.15, 0.2) is 11.5 Å². The Morgan fingerprint density at radius 1 is 1.50 bits per heavy atom. The molecule has 1 heterocycles. The third-order valence-electron chi connectivity index (χ3n) is 3.06. The van der Waals surface area contributed by atoms with Gasteiger partial charge < -0.3 is 19.5 Å². The van der Waals surface area contributed by atoms with Gasteiger partial charge >= 0.3 is 5.97 Å². The SMILES string of the molecule is COc1c(OC2CCN(C)C2)cccc1C(=O)O. The van der Waals surface area contributed by atoms with Crippen molar-refractivity contribution >= 4 is 5.97 Å². The summed E-state index contributed by atoms with van der Waals surface area (Å²) in [6.07, 6.45) is 1.03. The van der Waals surface area contributed by atoms with Gasteiger partial charge in [0.2, 0.25) is 0 Å². The minimum atomic E-state index is -1.01. The summed E-state index contributed by atoms with van der Waals surface area (Å²) in [6.45, 7) is 1.84. The van der Waals surface area contributed by atoms with Crippen molar-refractivity contribution < 1.29 is 19.4 Å². The number of aromatic carboxylic acids is 1. The van der Waals surface area contributed by atoms with Crippen LogP contribution < -0.4 is 9.47 Å². The van der Waals surface area contributed by atoms with E-state index in [1.807, 2.05) is 7.05 Å². The van der Waals surface area contributed by atoms with Gasteiger partial charge in [0.05, 0.1) is 7.11 Å². The first-order valence-electron chi connectivity index (χ1n) is 5.87. The Hall–Kier alpha value is -1.75. The summed E-state index contributed by atoms with van der Waals surface area (Å²) in [5.41, 5.74) is 0.126. The molecule has 0 bridgehead atoms. The maximum absolute atomic E-state index is 11.1. The number of para-hydroxylation sites is 1. The van der Waals surface area contributed by atoms with Gasteiger partial charge in [0.1, 0.15) is 11.7 Å². The number of likely N-dealkylation sites (N-methyl/N-ethyl adjacent to an activating group) is 1. The van der Waals surface area contributed by atoms with Crippen LogP contribution in [0.15, 0.2) is 18.2 Å². The van der Waals surface area contributed by atoms with Gasteiger partial charge in [-0.15, -0.1) is 0 Å². The second-order valence-corrected chi connectivity index (χ2v) is 4.43. The first-order chi connectivity index (χ1) is 8.61. The summed E-state index contributed by atoms with van der Waals surface area (Å²) in [4.78, 5) is 13.3. The molecule has 1 aromatic carbocycles. The lowest BCUT2D eigenvalue weighted by Gasteiger charge is -2.17. The number of ether oxygens (including phenoxy) is 2. The number of hydrogen-bond donors (Lipinski definition) is 1. The van der Waals surface area contributed by atoms with Gasteiger partial charge in [-0.3, -0.25) is 0 Å². The van der Waals surface area contributed by atoms with E-state index in [-0.39, 0.29) is 11.7 Å². The molecule has 1 unspecified atom stereocenters. The highest BCUT2D eigenvalue weighted by molar-refractivity contribution is 5.92. The molecule has 1 saturated heterocycles. The first kappa shape index (κ1) is 12.7.